The van der Waals surface area contributed by atoms with Crippen LogP contribution < -0.4 is 0 Å². The van der Waals surface area contributed by atoms with E-state index in [4.69, 9.17) is 9.84 Å². The van der Waals surface area contributed by atoms with Gasteiger partial charge in [-0.05, 0) is 27.7 Å². The highest BCUT2D eigenvalue weighted by Gasteiger charge is 2.28. The fraction of sp³-hybridized carbons (Fsp3) is 0.545. The molecule has 1 atom stereocenters. The lowest BCUT2D eigenvalue weighted by molar-refractivity contribution is -0.147. The highest BCUT2D eigenvalue weighted by Crippen LogP contribution is 2.19. The molecular weight excluding hydrogens is 240 g/mol. The average Bonchev–Trinajstić information content (AvgIpc) is 2.56. The van der Waals surface area contributed by atoms with Crippen molar-refractivity contribution in [2.45, 2.75) is 39.4 Å². The highest BCUT2D eigenvalue weighted by atomic mass is 16.6. The first-order valence-electron chi connectivity index (χ1n) is 5.31. The fourth-order valence-corrected chi connectivity index (χ4v) is 1.35. The van der Waals surface area contributed by atoms with Crippen LogP contribution in [0.2, 0.25) is 0 Å². The molecule has 0 spiro atoms. The van der Waals surface area contributed by atoms with Crippen molar-refractivity contribution >= 4 is 12.1 Å². The molecule has 100 valence electrons. The monoisotopic (exact) mass is 256 g/mol. The second-order valence-corrected chi connectivity index (χ2v) is 4.81. The number of hydrogen-bond acceptors (Lipinski definition) is 5. The summed E-state index contributed by atoms with van der Waals surface area (Å²) in [6.45, 7) is 6.55. The van der Waals surface area contributed by atoms with Crippen molar-refractivity contribution < 1.29 is 24.5 Å². The van der Waals surface area contributed by atoms with Crippen LogP contribution in [-0.2, 0) is 9.53 Å². The van der Waals surface area contributed by atoms with Crippen LogP contribution >= 0.6 is 0 Å². The van der Waals surface area contributed by atoms with E-state index in [0.29, 0.717) is 0 Å². The number of aromatic nitrogens is 2. The summed E-state index contributed by atoms with van der Waals surface area (Å²) in [5, 5.41) is 18.3. The minimum atomic E-state index is -1.82. The van der Waals surface area contributed by atoms with Gasteiger partial charge in [-0.3, -0.25) is 0 Å². The van der Waals surface area contributed by atoms with Crippen molar-refractivity contribution in [3.8, 4) is 0 Å². The molecule has 0 fully saturated rings. The smallest absolute Gasteiger partial charge is 0.420 e. The number of carboxylic acids is 1. The summed E-state index contributed by atoms with van der Waals surface area (Å²) in [7, 11) is 0. The van der Waals surface area contributed by atoms with Crippen LogP contribution in [0.4, 0.5) is 4.79 Å². The van der Waals surface area contributed by atoms with Crippen LogP contribution in [0.5, 0.6) is 0 Å². The van der Waals surface area contributed by atoms with Crippen LogP contribution in [0.15, 0.2) is 6.33 Å². The third kappa shape index (κ3) is 3.07. The lowest BCUT2D eigenvalue weighted by Gasteiger charge is -2.20. The minimum Gasteiger partial charge on any atom is -0.479 e. The number of aliphatic carboxylic acids is 1. The van der Waals surface area contributed by atoms with Gasteiger partial charge >= 0.3 is 12.1 Å². The van der Waals surface area contributed by atoms with E-state index in [-0.39, 0.29) is 11.4 Å². The molecular formula is C11H16N2O5. The second kappa shape index (κ2) is 4.77. The highest BCUT2D eigenvalue weighted by molar-refractivity contribution is 5.78. The molecule has 0 aromatic carbocycles. The van der Waals surface area contributed by atoms with Gasteiger partial charge < -0.3 is 14.9 Å². The molecule has 2 N–H and O–H groups in total. The lowest BCUT2D eigenvalue weighted by atomic mass is 10.2. The number of carbonyl (C=O) groups is 2. The van der Waals surface area contributed by atoms with Crippen molar-refractivity contribution in [3.05, 3.63) is 17.7 Å². The number of aryl methyl sites for hydroxylation is 1. The van der Waals surface area contributed by atoms with Crippen LogP contribution in [0.25, 0.3) is 0 Å². The zero-order valence-corrected chi connectivity index (χ0v) is 10.7. The van der Waals surface area contributed by atoms with E-state index in [1.54, 1.807) is 20.8 Å². The Morgan fingerprint density at radius 1 is 1.44 bits per heavy atom. The maximum Gasteiger partial charge on any atom is 0.420 e. The molecule has 0 amide bonds. The molecule has 1 aromatic heterocycles. The van der Waals surface area contributed by atoms with E-state index in [2.05, 4.69) is 4.98 Å². The van der Waals surface area contributed by atoms with E-state index < -0.39 is 23.8 Å². The number of hydrogen-bond donors (Lipinski definition) is 2. The standard InChI is InChI=1S/C11H16N2O5/c1-6-7(8(14)9(15)16)13(5-12-6)10(17)18-11(2,3)4/h5,8,14H,1-4H3,(H,15,16). The summed E-state index contributed by atoms with van der Waals surface area (Å²) in [4.78, 5) is 26.4. The number of carbonyl (C=O) groups excluding carboxylic acids is 1. The zero-order valence-electron chi connectivity index (χ0n) is 10.7. The summed E-state index contributed by atoms with van der Waals surface area (Å²) in [5.41, 5.74) is -0.562. The van der Waals surface area contributed by atoms with E-state index >= 15 is 0 Å². The molecule has 1 aromatic rings. The number of imidazole rings is 1. The number of carboxylic acid groups (broad SMARTS) is 1. The first kappa shape index (κ1) is 14.2. The Morgan fingerprint density at radius 3 is 2.44 bits per heavy atom. The van der Waals surface area contributed by atoms with Gasteiger partial charge in [0, 0.05) is 0 Å². The van der Waals surface area contributed by atoms with Crippen molar-refractivity contribution in [2.24, 2.45) is 0 Å². The van der Waals surface area contributed by atoms with E-state index in [9.17, 15) is 14.7 Å². The van der Waals surface area contributed by atoms with Gasteiger partial charge in [0.1, 0.15) is 11.9 Å². The first-order chi connectivity index (χ1) is 8.13. The molecule has 7 heteroatoms. The zero-order chi connectivity index (χ0) is 14.1. The maximum absolute atomic E-state index is 11.8. The largest absolute Gasteiger partial charge is 0.479 e. The number of nitrogens with zero attached hydrogens (tertiary/aromatic N) is 2. The molecule has 0 aliphatic rings. The SMILES string of the molecule is Cc1ncn(C(=O)OC(C)(C)C)c1C(O)C(=O)O. The summed E-state index contributed by atoms with van der Waals surface area (Å²) in [6, 6.07) is 0. The van der Waals surface area contributed by atoms with Gasteiger partial charge in [0.05, 0.1) is 11.4 Å². The summed E-state index contributed by atoms with van der Waals surface area (Å²) < 4.78 is 5.99. The predicted molar refractivity (Wildman–Crippen MR) is 61.2 cm³/mol. The predicted octanol–water partition coefficient (Wildman–Crippen LogP) is 1.09. The molecule has 1 rings (SSSR count). The first-order valence-corrected chi connectivity index (χ1v) is 5.31. The van der Waals surface area contributed by atoms with Crippen molar-refractivity contribution in [1.82, 2.24) is 9.55 Å². The third-order valence-electron chi connectivity index (χ3n) is 2.08. The van der Waals surface area contributed by atoms with Crippen molar-refractivity contribution in [3.63, 3.8) is 0 Å². The van der Waals surface area contributed by atoms with Crippen LogP contribution in [0.1, 0.15) is 38.3 Å². The molecule has 0 aliphatic heterocycles. The Hall–Kier alpha value is -1.89. The molecule has 1 heterocycles. The summed E-state index contributed by atoms with van der Waals surface area (Å²) in [6.07, 6.45) is -1.47. The van der Waals surface area contributed by atoms with Crippen LogP contribution in [0, 0.1) is 6.92 Å². The molecule has 18 heavy (non-hydrogen) atoms. The van der Waals surface area contributed by atoms with E-state index in [0.717, 1.165) is 10.9 Å². The Balaban J connectivity index is 3.11. The van der Waals surface area contributed by atoms with Gasteiger partial charge in [-0.15, -0.1) is 0 Å². The number of ether oxygens (including phenoxy) is 1. The molecule has 0 saturated carbocycles. The number of aliphatic hydroxyl groups is 1. The minimum absolute atomic E-state index is 0.100. The van der Waals surface area contributed by atoms with E-state index in [1.165, 1.54) is 6.92 Å². The van der Waals surface area contributed by atoms with Gasteiger partial charge in [-0.1, -0.05) is 0 Å². The Labute approximate surface area is 104 Å². The van der Waals surface area contributed by atoms with Gasteiger partial charge in [0.2, 0.25) is 0 Å². The lowest BCUT2D eigenvalue weighted by Crippen LogP contribution is -2.29. The number of rotatable bonds is 2. The normalized spacial score (nSPS) is 13.2. The van der Waals surface area contributed by atoms with Crippen molar-refractivity contribution in [1.29, 1.82) is 0 Å². The Kier molecular flexibility index (Phi) is 3.76. The maximum atomic E-state index is 11.8. The van der Waals surface area contributed by atoms with Crippen molar-refractivity contribution in [2.75, 3.05) is 0 Å². The molecule has 1 unspecified atom stereocenters. The second-order valence-electron chi connectivity index (χ2n) is 4.81. The third-order valence-corrected chi connectivity index (χ3v) is 2.08. The summed E-state index contributed by atoms with van der Waals surface area (Å²) >= 11 is 0. The Morgan fingerprint density at radius 2 is 2.00 bits per heavy atom. The molecule has 0 aliphatic carbocycles. The quantitative estimate of drug-likeness (QED) is 0.821. The molecule has 7 nitrogen and oxygen atoms in total. The average molecular weight is 256 g/mol. The molecule has 0 radical (unpaired) electrons. The number of aliphatic hydroxyl groups excluding tert-OH is 1. The van der Waals surface area contributed by atoms with Gasteiger partial charge in [0.25, 0.3) is 0 Å². The van der Waals surface area contributed by atoms with Gasteiger partial charge in [-0.25, -0.2) is 19.1 Å². The van der Waals surface area contributed by atoms with Crippen LogP contribution in [0.3, 0.4) is 0 Å². The Bertz CT molecular complexity index is 472. The van der Waals surface area contributed by atoms with Gasteiger partial charge in [-0.2, -0.15) is 0 Å². The summed E-state index contributed by atoms with van der Waals surface area (Å²) in [5.74, 6) is -1.46. The molecule has 0 saturated heterocycles. The fourth-order valence-electron chi connectivity index (χ4n) is 1.35. The van der Waals surface area contributed by atoms with Crippen LogP contribution in [-0.4, -0.2) is 37.4 Å². The van der Waals surface area contributed by atoms with Gasteiger partial charge in [0.15, 0.2) is 6.10 Å². The van der Waals surface area contributed by atoms with E-state index in [1.807, 2.05) is 0 Å². The topological polar surface area (TPSA) is 102 Å². The molecule has 0 bridgehead atoms.